The first-order chi connectivity index (χ1) is 19.2. The molecular formula is C26H32F3N5O4S2. The molecular weight excluding hydrogens is 567 g/mol. The highest BCUT2D eigenvalue weighted by Crippen LogP contribution is 2.35. The summed E-state index contributed by atoms with van der Waals surface area (Å²) in [5.41, 5.74) is 1.39. The van der Waals surface area contributed by atoms with Crippen molar-refractivity contribution in [1.82, 2.24) is 19.8 Å². The number of piperazine rings is 1. The molecule has 0 aliphatic carbocycles. The van der Waals surface area contributed by atoms with Crippen LogP contribution in [0.5, 0.6) is 11.6 Å². The van der Waals surface area contributed by atoms with Crippen molar-refractivity contribution in [2.45, 2.75) is 17.4 Å². The second kappa shape index (κ2) is 14.3. The standard InChI is InChI=1S/C26H32F3N5O4S2/c1-18-15-20(38-17-26(27,28)29)23(24(30-18)37-13-12-36-2)32-22(35)16-34-9-7-33(8-10-34)11-14-39-25-31-19-5-3-4-6-21(19)40-25/h3-6,15H,7-14,16-17H2,1-2H3,(H,32,35). The molecule has 14 heteroatoms. The summed E-state index contributed by atoms with van der Waals surface area (Å²) in [5.74, 6) is 0.366. The summed E-state index contributed by atoms with van der Waals surface area (Å²) in [4.78, 5) is 26.2. The summed E-state index contributed by atoms with van der Waals surface area (Å²) < 4.78 is 56.3. The molecule has 1 amide bonds. The smallest absolute Gasteiger partial charge is 0.422 e. The summed E-state index contributed by atoms with van der Waals surface area (Å²) in [5, 5.41) is 2.67. The van der Waals surface area contributed by atoms with Gasteiger partial charge >= 0.3 is 6.18 Å². The minimum Gasteiger partial charge on any atom is -0.482 e. The lowest BCUT2D eigenvalue weighted by atomic mass is 10.3. The van der Waals surface area contributed by atoms with Crippen molar-refractivity contribution >= 4 is 44.9 Å². The van der Waals surface area contributed by atoms with Crippen molar-refractivity contribution in [3.63, 3.8) is 0 Å². The predicted octanol–water partition coefficient (Wildman–Crippen LogP) is 4.31. The van der Waals surface area contributed by atoms with Crippen LogP contribution in [-0.4, -0.2) is 104 Å². The topological polar surface area (TPSA) is 89.0 Å². The number of rotatable bonds is 13. The molecule has 1 fully saturated rings. The SMILES string of the molecule is COCCOc1nc(C)cc(OCC(F)(F)F)c1NC(=O)CN1CCN(CCSc2nc3ccccc3s2)CC1. The molecule has 3 heterocycles. The number of nitrogens with one attached hydrogen (secondary N) is 1. The van der Waals surface area contributed by atoms with Gasteiger partial charge in [-0.2, -0.15) is 13.2 Å². The quantitative estimate of drug-likeness (QED) is 0.228. The molecule has 2 aromatic heterocycles. The van der Waals surface area contributed by atoms with Gasteiger partial charge < -0.3 is 19.5 Å². The second-order valence-electron chi connectivity index (χ2n) is 9.15. The maximum atomic E-state index is 12.9. The summed E-state index contributed by atoms with van der Waals surface area (Å²) in [6.45, 7) is 4.45. The monoisotopic (exact) mass is 599 g/mol. The molecule has 0 spiro atoms. The van der Waals surface area contributed by atoms with Crippen molar-refractivity contribution in [2.24, 2.45) is 0 Å². The Morgan fingerprint density at radius 2 is 1.85 bits per heavy atom. The lowest BCUT2D eigenvalue weighted by molar-refractivity contribution is -0.153. The van der Waals surface area contributed by atoms with E-state index in [4.69, 9.17) is 14.2 Å². The van der Waals surface area contributed by atoms with Crippen molar-refractivity contribution in [1.29, 1.82) is 0 Å². The Balaban J connectivity index is 1.27. The highest BCUT2D eigenvalue weighted by molar-refractivity contribution is 8.01. The van der Waals surface area contributed by atoms with Crippen molar-refractivity contribution in [3.05, 3.63) is 36.0 Å². The first kappa shape index (κ1) is 30.3. The van der Waals surface area contributed by atoms with E-state index < -0.39 is 12.8 Å². The van der Waals surface area contributed by atoms with Gasteiger partial charge in [0.15, 0.2) is 16.7 Å². The highest BCUT2D eigenvalue weighted by atomic mass is 32.2. The Morgan fingerprint density at radius 1 is 1.10 bits per heavy atom. The summed E-state index contributed by atoms with van der Waals surface area (Å²) >= 11 is 3.45. The average Bonchev–Trinajstić information content (AvgIpc) is 3.32. The van der Waals surface area contributed by atoms with Crippen molar-refractivity contribution in [2.75, 3.05) is 77.3 Å². The maximum absolute atomic E-state index is 12.9. The molecule has 1 aromatic carbocycles. The molecule has 0 unspecified atom stereocenters. The zero-order valence-corrected chi connectivity index (χ0v) is 24.0. The van der Waals surface area contributed by atoms with E-state index in [0.29, 0.717) is 18.8 Å². The van der Waals surface area contributed by atoms with Gasteiger partial charge in [-0.15, -0.1) is 11.3 Å². The Labute approximate surface area is 239 Å². The van der Waals surface area contributed by atoms with E-state index in [0.717, 1.165) is 35.2 Å². The van der Waals surface area contributed by atoms with Crippen LogP contribution in [0.1, 0.15) is 5.69 Å². The van der Waals surface area contributed by atoms with Crippen LogP contribution in [0.4, 0.5) is 18.9 Å². The number of benzene rings is 1. The normalized spacial score (nSPS) is 14.9. The zero-order valence-electron chi connectivity index (χ0n) is 22.3. The molecule has 1 aliphatic rings. The second-order valence-corrected chi connectivity index (χ2v) is 11.5. The molecule has 1 N–H and O–H groups in total. The molecule has 218 valence electrons. The minimum atomic E-state index is -4.54. The number of ether oxygens (including phenoxy) is 3. The molecule has 9 nitrogen and oxygen atoms in total. The van der Waals surface area contributed by atoms with E-state index in [-0.39, 0.29) is 43.0 Å². The molecule has 40 heavy (non-hydrogen) atoms. The van der Waals surface area contributed by atoms with Gasteiger partial charge in [0.2, 0.25) is 11.8 Å². The number of hydrogen-bond donors (Lipinski definition) is 1. The number of aryl methyl sites for hydroxylation is 1. The van der Waals surface area contributed by atoms with E-state index in [1.807, 2.05) is 23.1 Å². The van der Waals surface area contributed by atoms with Gasteiger partial charge in [-0.3, -0.25) is 14.6 Å². The van der Waals surface area contributed by atoms with Crippen LogP contribution in [0, 0.1) is 6.92 Å². The molecule has 1 aliphatic heterocycles. The van der Waals surface area contributed by atoms with Gasteiger partial charge in [0.1, 0.15) is 12.3 Å². The first-order valence-electron chi connectivity index (χ1n) is 12.8. The van der Waals surface area contributed by atoms with Gasteiger partial charge in [-0.25, -0.2) is 9.97 Å². The summed E-state index contributed by atoms with van der Waals surface area (Å²) in [6.07, 6.45) is -4.54. The Hall–Kier alpha value is -2.65. The lowest BCUT2D eigenvalue weighted by Gasteiger charge is -2.34. The number of halogens is 3. The highest BCUT2D eigenvalue weighted by Gasteiger charge is 2.30. The number of anilines is 1. The Bertz CT molecular complexity index is 1240. The van der Waals surface area contributed by atoms with Gasteiger partial charge in [0, 0.05) is 57.3 Å². The van der Waals surface area contributed by atoms with Crippen LogP contribution >= 0.6 is 23.1 Å². The number of thioether (sulfide) groups is 1. The molecule has 0 bridgehead atoms. The van der Waals surface area contributed by atoms with E-state index >= 15 is 0 Å². The number of pyridine rings is 1. The number of thiazole rings is 1. The fourth-order valence-electron chi connectivity index (χ4n) is 4.06. The Kier molecular flexibility index (Phi) is 10.8. The van der Waals surface area contributed by atoms with E-state index in [1.165, 1.54) is 17.9 Å². The van der Waals surface area contributed by atoms with Gasteiger partial charge in [-0.1, -0.05) is 23.9 Å². The third-order valence-electron chi connectivity index (χ3n) is 6.00. The number of carbonyl (C=O) groups is 1. The first-order valence-corrected chi connectivity index (χ1v) is 14.6. The maximum Gasteiger partial charge on any atom is 0.422 e. The van der Waals surface area contributed by atoms with E-state index in [1.54, 1.807) is 30.0 Å². The number of amides is 1. The Morgan fingerprint density at radius 3 is 2.58 bits per heavy atom. The van der Waals surface area contributed by atoms with Gasteiger partial charge in [-0.05, 0) is 19.1 Å². The fourth-order valence-corrected chi connectivity index (χ4v) is 6.20. The average molecular weight is 600 g/mol. The van der Waals surface area contributed by atoms with E-state index in [2.05, 4.69) is 26.3 Å². The van der Waals surface area contributed by atoms with Crippen LogP contribution in [0.15, 0.2) is 34.7 Å². The number of carbonyl (C=O) groups excluding carboxylic acids is 1. The summed E-state index contributed by atoms with van der Waals surface area (Å²) in [6, 6.07) is 9.45. The number of hydrogen-bond acceptors (Lipinski definition) is 10. The number of para-hydroxylation sites is 1. The van der Waals surface area contributed by atoms with Gasteiger partial charge in [0.25, 0.3) is 0 Å². The van der Waals surface area contributed by atoms with Crippen LogP contribution in [0.2, 0.25) is 0 Å². The third kappa shape index (κ3) is 9.20. The molecule has 0 atom stereocenters. The lowest BCUT2D eigenvalue weighted by Crippen LogP contribution is -2.49. The number of aromatic nitrogens is 2. The molecule has 1 saturated heterocycles. The fraction of sp³-hybridized carbons (Fsp3) is 0.500. The van der Waals surface area contributed by atoms with Crippen LogP contribution in [0.25, 0.3) is 10.2 Å². The van der Waals surface area contributed by atoms with Gasteiger partial charge in [0.05, 0.1) is 23.4 Å². The third-order valence-corrected chi connectivity index (χ3v) is 8.16. The largest absolute Gasteiger partial charge is 0.482 e. The van der Waals surface area contributed by atoms with Crippen molar-refractivity contribution in [3.8, 4) is 11.6 Å². The molecule has 0 radical (unpaired) electrons. The number of nitrogens with zero attached hydrogens (tertiary/aromatic N) is 4. The molecule has 4 rings (SSSR count). The number of alkyl halides is 3. The van der Waals surface area contributed by atoms with E-state index in [9.17, 15) is 18.0 Å². The molecule has 0 saturated carbocycles. The zero-order chi connectivity index (χ0) is 28.5. The van der Waals surface area contributed by atoms with Crippen molar-refractivity contribution < 1.29 is 32.2 Å². The summed E-state index contributed by atoms with van der Waals surface area (Å²) in [7, 11) is 1.49. The predicted molar refractivity (Wildman–Crippen MR) is 150 cm³/mol. The number of methoxy groups -OCH3 is 1. The number of fused-ring (bicyclic) bond motifs is 1. The van der Waals surface area contributed by atoms with Crippen LogP contribution in [0.3, 0.4) is 0 Å². The molecule has 3 aromatic rings. The minimum absolute atomic E-state index is 0.0157. The van der Waals surface area contributed by atoms with Crippen LogP contribution in [-0.2, 0) is 9.53 Å². The van der Waals surface area contributed by atoms with Crippen LogP contribution < -0.4 is 14.8 Å².